The summed E-state index contributed by atoms with van der Waals surface area (Å²) in [5, 5.41) is 0. The van der Waals surface area contributed by atoms with Crippen LogP contribution in [0.5, 0.6) is 0 Å². The molecule has 1 rings (SSSR count). The number of para-hydroxylation sites is 1. The third-order valence-corrected chi connectivity index (χ3v) is 2.42. The molecule has 0 aliphatic heterocycles. The highest BCUT2D eigenvalue weighted by Gasteiger charge is 2.07. The molecule has 0 aliphatic rings. The maximum atomic E-state index is 5.99. The van der Waals surface area contributed by atoms with Crippen LogP contribution < -0.4 is 10.6 Å². The number of rotatable bonds is 4. The molecule has 0 bridgehead atoms. The summed E-state index contributed by atoms with van der Waals surface area (Å²) in [6, 6.07) is 6.03. The molecule has 0 aromatic heterocycles. The van der Waals surface area contributed by atoms with Gasteiger partial charge >= 0.3 is 0 Å². The number of benzene rings is 1. The third kappa shape index (κ3) is 2.75. The molecule has 0 saturated heterocycles. The summed E-state index contributed by atoms with van der Waals surface area (Å²) < 4.78 is 0. The first-order valence-electron chi connectivity index (χ1n) is 5.49. The van der Waals surface area contributed by atoms with Gasteiger partial charge in [0.1, 0.15) is 0 Å². The fourth-order valence-corrected chi connectivity index (χ4v) is 1.64. The second-order valence-electron chi connectivity index (χ2n) is 3.59. The van der Waals surface area contributed by atoms with Crippen LogP contribution in [0.2, 0.25) is 0 Å². The second kappa shape index (κ2) is 5.44. The van der Waals surface area contributed by atoms with E-state index >= 15 is 0 Å². The largest absolute Gasteiger partial charge is 0.397 e. The van der Waals surface area contributed by atoms with Crippen molar-refractivity contribution in [3.63, 3.8) is 0 Å². The Kier molecular flexibility index (Phi) is 4.22. The van der Waals surface area contributed by atoms with Crippen molar-refractivity contribution >= 4 is 11.4 Å². The zero-order valence-electron chi connectivity index (χ0n) is 9.83. The van der Waals surface area contributed by atoms with E-state index in [1.54, 1.807) is 0 Å². The number of hydrogen-bond acceptors (Lipinski definition) is 2. The normalized spacial score (nSPS) is 10.9. The van der Waals surface area contributed by atoms with Gasteiger partial charge in [0.25, 0.3) is 0 Å². The second-order valence-corrected chi connectivity index (χ2v) is 3.59. The van der Waals surface area contributed by atoms with Gasteiger partial charge in [0.15, 0.2) is 0 Å². The molecule has 2 N–H and O–H groups in total. The minimum absolute atomic E-state index is 0.845. The molecule has 1 aromatic rings. The fourth-order valence-electron chi connectivity index (χ4n) is 1.64. The number of aryl methyl sites for hydroxylation is 1. The van der Waals surface area contributed by atoms with Crippen LogP contribution in [0.1, 0.15) is 25.8 Å². The van der Waals surface area contributed by atoms with Gasteiger partial charge in [-0.25, -0.2) is 0 Å². The fraction of sp³-hybridized carbons (Fsp3) is 0.385. The highest BCUT2D eigenvalue weighted by atomic mass is 15.1. The molecule has 0 saturated carbocycles. The van der Waals surface area contributed by atoms with Gasteiger partial charge in [-0.2, -0.15) is 0 Å². The number of anilines is 2. The Bertz CT molecular complexity index is 322. The Morgan fingerprint density at radius 3 is 2.60 bits per heavy atom. The molecule has 0 fully saturated rings. The van der Waals surface area contributed by atoms with Crippen LogP contribution in [-0.2, 0) is 0 Å². The van der Waals surface area contributed by atoms with Gasteiger partial charge in [-0.15, -0.1) is 0 Å². The van der Waals surface area contributed by atoms with E-state index in [1.807, 2.05) is 12.1 Å². The molecule has 0 spiro atoms. The van der Waals surface area contributed by atoms with E-state index in [1.165, 1.54) is 5.56 Å². The van der Waals surface area contributed by atoms with E-state index in [4.69, 9.17) is 5.73 Å². The third-order valence-electron chi connectivity index (χ3n) is 2.42. The molecule has 0 radical (unpaired) electrons. The van der Waals surface area contributed by atoms with Crippen LogP contribution in [0.4, 0.5) is 11.4 Å². The van der Waals surface area contributed by atoms with E-state index in [0.29, 0.717) is 0 Å². The quantitative estimate of drug-likeness (QED) is 0.762. The molecule has 2 nitrogen and oxygen atoms in total. The van der Waals surface area contributed by atoms with Crippen LogP contribution in [0.15, 0.2) is 30.5 Å². The van der Waals surface area contributed by atoms with E-state index in [-0.39, 0.29) is 0 Å². The van der Waals surface area contributed by atoms with Crippen molar-refractivity contribution < 1.29 is 0 Å². The summed E-state index contributed by atoms with van der Waals surface area (Å²) >= 11 is 0. The lowest BCUT2D eigenvalue weighted by molar-refractivity contribution is 1.000. The van der Waals surface area contributed by atoms with Crippen molar-refractivity contribution in [3.8, 4) is 0 Å². The van der Waals surface area contributed by atoms with E-state index in [9.17, 15) is 0 Å². The first-order chi connectivity index (χ1) is 7.20. The number of hydrogen-bond donors (Lipinski definition) is 1. The first kappa shape index (κ1) is 11.6. The van der Waals surface area contributed by atoms with Gasteiger partial charge in [-0.3, -0.25) is 0 Å². The predicted molar refractivity (Wildman–Crippen MR) is 68.0 cm³/mol. The predicted octanol–water partition coefficient (Wildman–Crippen LogP) is 3.33. The average Bonchev–Trinajstić information content (AvgIpc) is 2.22. The number of nitrogens with two attached hydrogens (primary N) is 1. The standard InChI is InChI=1S/C13H20N2/c1-4-6-10-15(5-2)13-11(3)8-7-9-12(13)14/h6-10H,4-5,14H2,1-3H3/b10-6-. The minimum Gasteiger partial charge on any atom is -0.397 e. The lowest BCUT2D eigenvalue weighted by Gasteiger charge is -2.22. The minimum atomic E-state index is 0.845. The molecular formula is C13H20N2. The van der Waals surface area contributed by atoms with Crippen molar-refractivity contribution in [1.29, 1.82) is 0 Å². The maximum absolute atomic E-state index is 5.99. The highest BCUT2D eigenvalue weighted by molar-refractivity contribution is 5.72. The number of nitrogen functional groups attached to an aromatic ring is 1. The van der Waals surface area contributed by atoms with Crippen LogP contribution >= 0.6 is 0 Å². The van der Waals surface area contributed by atoms with Crippen LogP contribution in [0, 0.1) is 6.92 Å². The van der Waals surface area contributed by atoms with Gasteiger partial charge in [0, 0.05) is 12.7 Å². The zero-order valence-corrected chi connectivity index (χ0v) is 9.83. The van der Waals surface area contributed by atoms with Crippen LogP contribution in [0.3, 0.4) is 0 Å². The van der Waals surface area contributed by atoms with Crippen LogP contribution in [0.25, 0.3) is 0 Å². The molecule has 0 amide bonds. The van der Waals surface area contributed by atoms with E-state index in [0.717, 1.165) is 24.3 Å². The van der Waals surface area contributed by atoms with Gasteiger partial charge in [0.2, 0.25) is 0 Å². The van der Waals surface area contributed by atoms with E-state index < -0.39 is 0 Å². The summed E-state index contributed by atoms with van der Waals surface area (Å²) in [6.45, 7) is 7.29. The molecular weight excluding hydrogens is 184 g/mol. The molecule has 0 atom stereocenters. The molecule has 2 heteroatoms. The van der Waals surface area contributed by atoms with Crippen molar-refractivity contribution in [2.45, 2.75) is 27.2 Å². The van der Waals surface area contributed by atoms with Crippen LogP contribution in [-0.4, -0.2) is 6.54 Å². The summed E-state index contributed by atoms with van der Waals surface area (Å²) in [5.41, 5.74) is 9.19. The highest BCUT2D eigenvalue weighted by Crippen LogP contribution is 2.27. The van der Waals surface area contributed by atoms with Gasteiger partial charge in [-0.05, 0) is 31.9 Å². The molecule has 0 heterocycles. The summed E-state index contributed by atoms with van der Waals surface area (Å²) in [4.78, 5) is 2.19. The monoisotopic (exact) mass is 204 g/mol. The Balaban J connectivity index is 3.06. The molecule has 15 heavy (non-hydrogen) atoms. The maximum Gasteiger partial charge on any atom is 0.0669 e. The van der Waals surface area contributed by atoms with Crippen molar-refractivity contribution in [3.05, 3.63) is 36.0 Å². The molecule has 0 aliphatic carbocycles. The molecule has 82 valence electrons. The first-order valence-corrected chi connectivity index (χ1v) is 5.49. The van der Waals surface area contributed by atoms with Gasteiger partial charge in [-0.1, -0.05) is 25.1 Å². The van der Waals surface area contributed by atoms with E-state index in [2.05, 4.69) is 44.0 Å². The summed E-state index contributed by atoms with van der Waals surface area (Å²) in [6.07, 6.45) is 5.30. The van der Waals surface area contributed by atoms with Gasteiger partial charge < -0.3 is 10.6 Å². The lowest BCUT2D eigenvalue weighted by Crippen LogP contribution is -2.17. The average molecular weight is 204 g/mol. The van der Waals surface area contributed by atoms with Gasteiger partial charge in [0.05, 0.1) is 11.4 Å². The number of nitrogens with zero attached hydrogens (tertiary/aromatic N) is 1. The van der Waals surface area contributed by atoms with Crippen molar-refractivity contribution in [2.24, 2.45) is 0 Å². The SMILES string of the molecule is CC/C=C\N(CC)c1c(C)cccc1N. The van der Waals surface area contributed by atoms with Crippen molar-refractivity contribution in [2.75, 3.05) is 17.2 Å². The molecule has 0 unspecified atom stereocenters. The zero-order chi connectivity index (χ0) is 11.3. The Morgan fingerprint density at radius 2 is 2.07 bits per heavy atom. The Morgan fingerprint density at radius 1 is 1.33 bits per heavy atom. The summed E-state index contributed by atoms with van der Waals surface area (Å²) in [5.74, 6) is 0. The number of allylic oxidation sites excluding steroid dienone is 1. The lowest BCUT2D eigenvalue weighted by atomic mass is 10.1. The Labute approximate surface area is 92.4 Å². The Hall–Kier alpha value is -1.44. The summed E-state index contributed by atoms with van der Waals surface area (Å²) in [7, 11) is 0. The molecule has 1 aromatic carbocycles. The smallest absolute Gasteiger partial charge is 0.0669 e. The topological polar surface area (TPSA) is 29.3 Å². The van der Waals surface area contributed by atoms with Crippen molar-refractivity contribution in [1.82, 2.24) is 0 Å².